The Hall–Kier alpha value is -1.10. The number of ether oxygens (including phenoxy) is 1. The smallest absolute Gasteiger partial charge is 0.410 e. The van der Waals surface area contributed by atoms with E-state index in [2.05, 4.69) is 5.32 Å². The molecule has 5 nitrogen and oxygen atoms in total. The number of aldehydes is 1. The van der Waals surface area contributed by atoms with Crippen molar-refractivity contribution in [2.45, 2.75) is 45.6 Å². The fraction of sp³-hybridized carbons (Fsp3) is 0.875. The van der Waals surface area contributed by atoms with Crippen LogP contribution in [0.4, 0.5) is 4.79 Å². The molecule has 0 spiro atoms. The molecule has 2 saturated heterocycles. The molecule has 0 aromatic heterocycles. The largest absolute Gasteiger partial charge is 0.444 e. The molecule has 0 saturated carbocycles. The number of hydrogen-bond acceptors (Lipinski definition) is 4. The molecule has 1 N–H and O–H groups in total. The molecule has 2 fully saturated rings. The van der Waals surface area contributed by atoms with Crippen LogP contribution in [0.15, 0.2) is 0 Å². The SMILES string of the molecule is CC(C)(C)OC(=O)N1CCCC(C2CNCC(C=O)C2)C1. The second kappa shape index (κ2) is 6.77. The second-order valence-electron chi connectivity index (χ2n) is 7.38. The summed E-state index contributed by atoms with van der Waals surface area (Å²) in [5.74, 6) is 1.08. The normalized spacial score (nSPS) is 30.8. The van der Waals surface area contributed by atoms with Crippen molar-refractivity contribution in [1.82, 2.24) is 10.2 Å². The predicted octanol–water partition coefficient (Wildman–Crippen LogP) is 2.06. The molecule has 0 aromatic carbocycles. The van der Waals surface area contributed by atoms with Crippen LogP contribution in [0.25, 0.3) is 0 Å². The summed E-state index contributed by atoms with van der Waals surface area (Å²) in [7, 11) is 0. The van der Waals surface area contributed by atoms with Gasteiger partial charge in [0.1, 0.15) is 11.9 Å². The zero-order valence-electron chi connectivity index (χ0n) is 13.4. The van der Waals surface area contributed by atoms with E-state index in [1.807, 2.05) is 25.7 Å². The highest BCUT2D eigenvalue weighted by Gasteiger charge is 2.34. The van der Waals surface area contributed by atoms with Crippen LogP contribution in [0.2, 0.25) is 0 Å². The van der Waals surface area contributed by atoms with Gasteiger partial charge in [0.05, 0.1) is 0 Å². The lowest BCUT2D eigenvalue weighted by Crippen LogP contribution is -2.48. The number of nitrogens with one attached hydrogen (secondary N) is 1. The molecule has 0 radical (unpaired) electrons. The minimum atomic E-state index is -0.445. The maximum atomic E-state index is 12.2. The van der Waals surface area contributed by atoms with Crippen molar-refractivity contribution < 1.29 is 14.3 Å². The molecule has 2 heterocycles. The quantitative estimate of drug-likeness (QED) is 0.792. The zero-order valence-corrected chi connectivity index (χ0v) is 13.4. The van der Waals surface area contributed by atoms with Gasteiger partial charge in [0.25, 0.3) is 0 Å². The van der Waals surface area contributed by atoms with Crippen molar-refractivity contribution in [3.05, 3.63) is 0 Å². The summed E-state index contributed by atoms with van der Waals surface area (Å²) in [6, 6.07) is 0. The molecular weight excluding hydrogens is 268 g/mol. The van der Waals surface area contributed by atoms with Gasteiger partial charge in [-0.3, -0.25) is 0 Å². The average molecular weight is 296 g/mol. The lowest BCUT2D eigenvalue weighted by atomic mass is 9.78. The minimum Gasteiger partial charge on any atom is -0.444 e. The van der Waals surface area contributed by atoms with Crippen LogP contribution >= 0.6 is 0 Å². The number of rotatable bonds is 2. The molecule has 120 valence electrons. The topological polar surface area (TPSA) is 58.6 Å². The minimum absolute atomic E-state index is 0.126. The highest BCUT2D eigenvalue weighted by atomic mass is 16.6. The van der Waals surface area contributed by atoms with Gasteiger partial charge >= 0.3 is 6.09 Å². The van der Waals surface area contributed by atoms with Gasteiger partial charge in [-0.2, -0.15) is 0 Å². The Morgan fingerprint density at radius 1 is 1.29 bits per heavy atom. The fourth-order valence-electron chi connectivity index (χ4n) is 3.36. The first-order valence-corrected chi connectivity index (χ1v) is 8.03. The maximum Gasteiger partial charge on any atom is 0.410 e. The predicted molar refractivity (Wildman–Crippen MR) is 81.1 cm³/mol. The molecule has 1 amide bonds. The third kappa shape index (κ3) is 4.70. The van der Waals surface area contributed by atoms with Crippen LogP contribution in [0.1, 0.15) is 40.0 Å². The summed E-state index contributed by atoms with van der Waals surface area (Å²) in [5, 5.41) is 3.35. The fourth-order valence-corrected chi connectivity index (χ4v) is 3.36. The summed E-state index contributed by atoms with van der Waals surface area (Å²) < 4.78 is 5.47. The number of likely N-dealkylation sites (tertiary alicyclic amines) is 1. The highest BCUT2D eigenvalue weighted by Crippen LogP contribution is 2.30. The Balaban J connectivity index is 1.91. The van der Waals surface area contributed by atoms with Gasteiger partial charge in [-0.15, -0.1) is 0 Å². The van der Waals surface area contributed by atoms with Crippen LogP contribution in [0.3, 0.4) is 0 Å². The molecule has 3 atom stereocenters. The van der Waals surface area contributed by atoms with Crippen LogP contribution < -0.4 is 5.32 Å². The van der Waals surface area contributed by atoms with Crippen LogP contribution in [-0.4, -0.2) is 49.1 Å². The number of hydrogen-bond donors (Lipinski definition) is 1. The Bertz CT molecular complexity index is 378. The van der Waals surface area contributed by atoms with E-state index in [1.165, 1.54) is 0 Å². The van der Waals surface area contributed by atoms with E-state index < -0.39 is 5.60 Å². The van der Waals surface area contributed by atoms with E-state index in [-0.39, 0.29) is 12.0 Å². The molecule has 2 aliphatic rings. The lowest BCUT2D eigenvalue weighted by Gasteiger charge is -2.40. The van der Waals surface area contributed by atoms with Crippen molar-refractivity contribution in [2.75, 3.05) is 26.2 Å². The molecule has 2 aliphatic heterocycles. The molecule has 21 heavy (non-hydrogen) atoms. The van der Waals surface area contributed by atoms with Gasteiger partial charge < -0.3 is 19.7 Å². The number of piperidine rings is 2. The molecule has 0 aromatic rings. The van der Waals surface area contributed by atoms with E-state index in [1.54, 1.807) is 0 Å². The van der Waals surface area contributed by atoms with E-state index in [0.717, 1.165) is 51.7 Å². The van der Waals surface area contributed by atoms with E-state index in [9.17, 15) is 9.59 Å². The van der Waals surface area contributed by atoms with E-state index in [0.29, 0.717) is 11.8 Å². The van der Waals surface area contributed by atoms with Gasteiger partial charge in [0, 0.05) is 25.6 Å². The monoisotopic (exact) mass is 296 g/mol. The molecule has 0 bridgehead atoms. The second-order valence-corrected chi connectivity index (χ2v) is 7.38. The number of carbonyl (C=O) groups excluding carboxylic acids is 2. The Morgan fingerprint density at radius 2 is 2.05 bits per heavy atom. The molecule has 0 aliphatic carbocycles. The summed E-state index contributed by atoms with van der Waals surface area (Å²) in [6.45, 7) is 8.97. The standard InChI is InChI=1S/C16H28N2O3/c1-16(2,3)21-15(20)18-6-4-5-13(10-18)14-7-12(11-19)8-17-9-14/h11-14,17H,4-10H2,1-3H3. The van der Waals surface area contributed by atoms with Crippen molar-refractivity contribution in [1.29, 1.82) is 0 Å². The third-order valence-corrected chi connectivity index (χ3v) is 4.39. The van der Waals surface area contributed by atoms with Gasteiger partial charge in [0.15, 0.2) is 0 Å². The molecule has 2 rings (SSSR count). The number of carbonyl (C=O) groups is 2. The van der Waals surface area contributed by atoms with Gasteiger partial charge in [-0.05, 0) is 58.4 Å². The van der Waals surface area contributed by atoms with Crippen LogP contribution in [-0.2, 0) is 9.53 Å². The Morgan fingerprint density at radius 3 is 2.71 bits per heavy atom. The summed E-state index contributed by atoms with van der Waals surface area (Å²) >= 11 is 0. The zero-order chi connectivity index (χ0) is 15.5. The van der Waals surface area contributed by atoms with Crippen molar-refractivity contribution in [3.63, 3.8) is 0 Å². The van der Waals surface area contributed by atoms with Gasteiger partial charge in [0.2, 0.25) is 0 Å². The summed E-state index contributed by atoms with van der Waals surface area (Å²) in [6.07, 6.45) is 3.96. The molecular formula is C16H28N2O3. The van der Waals surface area contributed by atoms with Crippen molar-refractivity contribution in [2.24, 2.45) is 17.8 Å². The van der Waals surface area contributed by atoms with Crippen molar-refractivity contribution in [3.8, 4) is 0 Å². The first kappa shape index (κ1) is 16.3. The summed E-state index contributed by atoms with van der Waals surface area (Å²) in [5.41, 5.74) is -0.445. The number of nitrogens with zero attached hydrogens (tertiary/aromatic N) is 1. The highest BCUT2D eigenvalue weighted by molar-refractivity contribution is 5.68. The third-order valence-electron chi connectivity index (χ3n) is 4.39. The van der Waals surface area contributed by atoms with Gasteiger partial charge in [-0.25, -0.2) is 4.79 Å². The molecule has 5 heteroatoms. The Kier molecular flexibility index (Phi) is 5.25. The lowest BCUT2D eigenvalue weighted by molar-refractivity contribution is -0.112. The first-order valence-electron chi connectivity index (χ1n) is 8.03. The molecule has 3 unspecified atom stereocenters. The number of amides is 1. The average Bonchev–Trinajstić information content (AvgIpc) is 2.46. The van der Waals surface area contributed by atoms with Crippen LogP contribution in [0.5, 0.6) is 0 Å². The maximum absolute atomic E-state index is 12.2. The summed E-state index contributed by atoms with van der Waals surface area (Å²) in [4.78, 5) is 25.0. The van der Waals surface area contributed by atoms with E-state index >= 15 is 0 Å². The van der Waals surface area contributed by atoms with Gasteiger partial charge in [-0.1, -0.05) is 0 Å². The van der Waals surface area contributed by atoms with Crippen LogP contribution in [0, 0.1) is 17.8 Å². The van der Waals surface area contributed by atoms with Crippen molar-refractivity contribution >= 4 is 12.4 Å². The Labute approximate surface area is 127 Å². The first-order chi connectivity index (χ1) is 9.89. The van der Waals surface area contributed by atoms with E-state index in [4.69, 9.17) is 4.74 Å².